The first-order valence-electron chi connectivity index (χ1n) is 7.13. The molecule has 1 aromatic heterocycles. The van der Waals surface area contributed by atoms with Gasteiger partial charge >= 0.3 is 0 Å². The summed E-state index contributed by atoms with van der Waals surface area (Å²) in [6.07, 6.45) is 2.30. The first-order chi connectivity index (χ1) is 10.2. The van der Waals surface area contributed by atoms with E-state index in [1.165, 1.54) is 0 Å². The van der Waals surface area contributed by atoms with Gasteiger partial charge in [0.25, 0.3) is 0 Å². The molecular formula is C18H18N2O. The van der Waals surface area contributed by atoms with Crippen LogP contribution in [-0.4, -0.2) is 10.9 Å². The first-order valence-corrected chi connectivity index (χ1v) is 7.13. The Kier molecular flexibility index (Phi) is 3.73. The molecule has 1 heterocycles. The van der Waals surface area contributed by atoms with Gasteiger partial charge in [-0.25, -0.2) is 0 Å². The van der Waals surface area contributed by atoms with Crippen molar-refractivity contribution in [2.45, 2.75) is 19.4 Å². The molecule has 21 heavy (non-hydrogen) atoms. The van der Waals surface area contributed by atoms with Gasteiger partial charge in [0, 0.05) is 11.7 Å². The number of rotatable bonds is 4. The van der Waals surface area contributed by atoms with Gasteiger partial charge in [-0.05, 0) is 35.6 Å². The highest BCUT2D eigenvalue weighted by atomic mass is 16.1. The molecule has 0 bridgehead atoms. The smallest absolute Gasteiger partial charge is 0.224 e. The number of aromatic nitrogens is 1. The lowest BCUT2D eigenvalue weighted by molar-refractivity contribution is -0.121. The van der Waals surface area contributed by atoms with Crippen molar-refractivity contribution in [3.8, 4) is 0 Å². The summed E-state index contributed by atoms with van der Waals surface area (Å²) in [7, 11) is 0. The molecular weight excluding hydrogens is 260 g/mol. The molecule has 3 nitrogen and oxygen atoms in total. The van der Waals surface area contributed by atoms with Crippen LogP contribution in [-0.2, 0) is 11.2 Å². The highest BCUT2D eigenvalue weighted by Gasteiger charge is 2.10. The zero-order chi connectivity index (χ0) is 14.7. The Hall–Kier alpha value is -2.55. The van der Waals surface area contributed by atoms with E-state index in [0.717, 1.165) is 22.0 Å². The van der Waals surface area contributed by atoms with E-state index in [2.05, 4.69) is 10.3 Å². The van der Waals surface area contributed by atoms with Crippen LogP contribution >= 0.6 is 0 Å². The Morgan fingerprint density at radius 2 is 1.95 bits per heavy atom. The lowest BCUT2D eigenvalue weighted by atomic mass is 10.1. The highest BCUT2D eigenvalue weighted by Crippen LogP contribution is 2.15. The molecule has 0 aliphatic carbocycles. The van der Waals surface area contributed by atoms with Gasteiger partial charge in [-0.2, -0.15) is 0 Å². The second-order valence-corrected chi connectivity index (χ2v) is 5.28. The minimum absolute atomic E-state index is 0.0212. The minimum Gasteiger partial charge on any atom is -0.361 e. The Bertz CT molecular complexity index is 746. The topological polar surface area (TPSA) is 44.9 Å². The van der Waals surface area contributed by atoms with Crippen LogP contribution in [0, 0.1) is 0 Å². The average molecular weight is 278 g/mol. The van der Waals surface area contributed by atoms with Crippen LogP contribution in [0.25, 0.3) is 10.9 Å². The van der Waals surface area contributed by atoms with Crippen molar-refractivity contribution in [2.75, 3.05) is 0 Å². The third kappa shape index (κ3) is 3.14. The van der Waals surface area contributed by atoms with E-state index >= 15 is 0 Å². The Balaban J connectivity index is 1.66. The predicted molar refractivity (Wildman–Crippen MR) is 85.0 cm³/mol. The van der Waals surface area contributed by atoms with E-state index < -0.39 is 0 Å². The normalized spacial score (nSPS) is 12.2. The summed E-state index contributed by atoms with van der Waals surface area (Å²) in [6.45, 7) is 2.00. The van der Waals surface area contributed by atoms with Crippen LogP contribution < -0.4 is 5.32 Å². The van der Waals surface area contributed by atoms with Crippen LogP contribution in [0.2, 0.25) is 0 Å². The number of carbonyl (C=O) groups is 1. The van der Waals surface area contributed by atoms with Crippen molar-refractivity contribution in [3.05, 3.63) is 71.9 Å². The largest absolute Gasteiger partial charge is 0.361 e. The highest BCUT2D eigenvalue weighted by molar-refractivity contribution is 5.83. The van der Waals surface area contributed by atoms with Crippen LogP contribution in [0.1, 0.15) is 24.1 Å². The average Bonchev–Trinajstić information content (AvgIpc) is 2.95. The van der Waals surface area contributed by atoms with Gasteiger partial charge in [0.2, 0.25) is 5.91 Å². The molecule has 0 radical (unpaired) electrons. The summed E-state index contributed by atoms with van der Waals surface area (Å²) in [5, 5.41) is 4.20. The predicted octanol–water partition coefficient (Wildman–Crippen LogP) is 3.59. The Labute approximate surface area is 124 Å². The number of carbonyl (C=O) groups excluding carboxylic acids is 1. The van der Waals surface area contributed by atoms with Crippen LogP contribution in [0.15, 0.2) is 60.8 Å². The van der Waals surface area contributed by atoms with Crippen molar-refractivity contribution in [1.82, 2.24) is 10.3 Å². The number of nitrogens with one attached hydrogen (secondary N) is 2. The van der Waals surface area contributed by atoms with Gasteiger partial charge in [-0.15, -0.1) is 0 Å². The van der Waals surface area contributed by atoms with Gasteiger partial charge in [-0.1, -0.05) is 42.5 Å². The second kappa shape index (κ2) is 5.83. The van der Waals surface area contributed by atoms with E-state index in [-0.39, 0.29) is 11.9 Å². The fourth-order valence-electron chi connectivity index (χ4n) is 2.51. The van der Waals surface area contributed by atoms with E-state index in [1.807, 2.05) is 67.7 Å². The van der Waals surface area contributed by atoms with Crippen LogP contribution in [0.3, 0.4) is 0 Å². The molecule has 1 amide bonds. The van der Waals surface area contributed by atoms with Crippen molar-refractivity contribution >= 4 is 16.8 Å². The van der Waals surface area contributed by atoms with Gasteiger partial charge in [-0.3, -0.25) is 4.79 Å². The number of hydrogen-bond acceptors (Lipinski definition) is 1. The van der Waals surface area contributed by atoms with Crippen molar-refractivity contribution in [1.29, 1.82) is 0 Å². The Morgan fingerprint density at radius 1 is 1.14 bits per heavy atom. The summed E-state index contributed by atoms with van der Waals surface area (Å²) in [5.74, 6) is 0.0391. The maximum atomic E-state index is 12.1. The lowest BCUT2D eigenvalue weighted by Gasteiger charge is -2.14. The maximum absolute atomic E-state index is 12.1. The monoisotopic (exact) mass is 278 g/mol. The third-order valence-electron chi connectivity index (χ3n) is 3.66. The van der Waals surface area contributed by atoms with Gasteiger partial charge < -0.3 is 10.3 Å². The van der Waals surface area contributed by atoms with E-state index in [4.69, 9.17) is 0 Å². The van der Waals surface area contributed by atoms with E-state index in [0.29, 0.717) is 6.42 Å². The number of benzene rings is 2. The van der Waals surface area contributed by atoms with E-state index in [1.54, 1.807) is 0 Å². The Morgan fingerprint density at radius 3 is 2.76 bits per heavy atom. The van der Waals surface area contributed by atoms with Crippen LogP contribution in [0.5, 0.6) is 0 Å². The number of amides is 1. The van der Waals surface area contributed by atoms with Gasteiger partial charge in [0.15, 0.2) is 0 Å². The number of hydrogen-bond donors (Lipinski definition) is 2. The maximum Gasteiger partial charge on any atom is 0.224 e. The summed E-state index contributed by atoms with van der Waals surface area (Å²) >= 11 is 0. The number of H-pyrrole nitrogens is 1. The molecule has 0 fully saturated rings. The van der Waals surface area contributed by atoms with Crippen molar-refractivity contribution in [3.63, 3.8) is 0 Å². The molecule has 0 spiro atoms. The second-order valence-electron chi connectivity index (χ2n) is 5.28. The quantitative estimate of drug-likeness (QED) is 0.752. The van der Waals surface area contributed by atoms with Gasteiger partial charge in [0.1, 0.15) is 0 Å². The fourth-order valence-corrected chi connectivity index (χ4v) is 2.51. The summed E-state index contributed by atoms with van der Waals surface area (Å²) < 4.78 is 0. The molecule has 0 saturated heterocycles. The first kappa shape index (κ1) is 13.4. The summed E-state index contributed by atoms with van der Waals surface area (Å²) in [5.41, 5.74) is 3.20. The number of fused-ring (bicyclic) bond motifs is 1. The van der Waals surface area contributed by atoms with Gasteiger partial charge in [0.05, 0.1) is 12.5 Å². The van der Waals surface area contributed by atoms with Crippen LogP contribution in [0.4, 0.5) is 0 Å². The fraction of sp³-hybridized carbons (Fsp3) is 0.167. The van der Waals surface area contributed by atoms with Crippen molar-refractivity contribution in [2.24, 2.45) is 0 Å². The molecule has 2 N–H and O–H groups in total. The molecule has 0 aliphatic heterocycles. The molecule has 106 valence electrons. The third-order valence-corrected chi connectivity index (χ3v) is 3.66. The SMILES string of the molecule is CC(NC(=O)Cc1ccc2cc[nH]c2c1)c1ccccc1. The molecule has 3 heteroatoms. The molecule has 0 saturated carbocycles. The van der Waals surface area contributed by atoms with Crippen molar-refractivity contribution < 1.29 is 4.79 Å². The summed E-state index contributed by atoms with van der Waals surface area (Å²) in [6, 6.07) is 18.1. The number of aromatic amines is 1. The molecule has 0 aliphatic rings. The zero-order valence-corrected chi connectivity index (χ0v) is 12.0. The van der Waals surface area contributed by atoms with E-state index in [9.17, 15) is 4.79 Å². The minimum atomic E-state index is 0.0212. The standard InChI is InChI=1S/C18H18N2O/c1-13(15-5-3-2-4-6-15)20-18(21)12-14-7-8-16-9-10-19-17(16)11-14/h2-11,13,19H,12H2,1H3,(H,20,21). The molecule has 1 unspecified atom stereocenters. The lowest BCUT2D eigenvalue weighted by Crippen LogP contribution is -2.28. The molecule has 1 atom stereocenters. The zero-order valence-electron chi connectivity index (χ0n) is 12.0. The summed E-state index contributed by atoms with van der Waals surface area (Å²) in [4.78, 5) is 15.3. The molecule has 3 aromatic rings. The molecule has 2 aromatic carbocycles. The molecule has 3 rings (SSSR count).